The van der Waals surface area contributed by atoms with E-state index in [4.69, 9.17) is 15.2 Å². The van der Waals surface area contributed by atoms with Crippen molar-refractivity contribution in [3.05, 3.63) is 6.33 Å². The van der Waals surface area contributed by atoms with Crippen LogP contribution in [0.1, 0.15) is 6.92 Å². The van der Waals surface area contributed by atoms with Crippen molar-refractivity contribution < 1.29 is 18.3 Å². The van der Waals surface area contributed by atoms with Gasteiger partial charge in [0.1, 0.15) is 18.6 Å². The molecule has 6 nitrogen and oxygen atoms in total. The van der Waals surface area contributed by atoms with E-state index in [-0.39, 0.29) is 12.3 Å². The summed E-state index contributed by atoms with van der Waals surface area (Å²) in [6, 6.07) is 0. The maximum atomic E-state index is 11.8. The van der Waals surface area contributed by atoms with E-state index in [1.54, 1.807) is 0 Å². The molecule has 102 valence electrons. The van der Waals surface area contributed by atoms with Crippen LogP contribution in [0.15, 0.2) is 6.33 Å². The third-order valence-corrected chi connectivity index (χ3v) is 1.91. The van der Waals surface area contributed by atoms with Gasteiger partial charge < -0.3 is 20.5 Å². The van der Waals surface area contributed by atoms with Gasteiger partial charge in [0, 0.05) is 6.54 Å². The lowest BCUT2D eigenvalue weighted by Gasteiger charge is -2.11. The summed E-state index contributed by atoms with van der Waals surface area (Å²) in [6.07, 6.45) is -1.15. The first-order chi connectivity index (χ1) is 8.65. The predicted molar refractivity (Wildman–Crippen MR) is 62.9 cm³/mol. The van der Waals surface area contributed by atoms with E-state index in [2.05, 4.69) is 15.3 Å². The zero-order chi connectivity index (χ0) is 13.4. The van der Waals surface area contributed by atoms with Gasteiger partial charge in [-0.25, -0.2) is 13.8 Å². The Morgan fingerprint density at radius 1 is 1.44 bits per heavy atom. The quantitative estimate of drug-likeness (QED) is 0.684. The lowest BCUT2D eigenvalue weighted by molar-refractivity contribution is 0.0215. The number of anilines is 2. The molecule has 0 saturated heterocycles. The molecule has 1 rings (SSSR count). The van der Waals surface area contributed by atoms with Gasteiger partial charge in [-0.05, 0) is 6.92 Å². The summed E-state index contributed by atoms with van der Waals surface area (Å²) in [5, 5.41) is 2.86. The summed E-state index contributed by atoms with van der Waals surface area (Å²) in [5.74, 6) is 0.692. The molecule has 0 fully saturated rings. The number of aromatic nitrogens is 2. The van der Waals surface area contributed by atoms with Crippen molar-refractivity contribution in [2.75, 3.05) is 37.4 Å². The number of nitrogens with two attached hydrogens (primary N) is 1. The zero-order valence-corrected chi connectivity index (χ0v) is 10.0. The first kappa shape index (κ1) is 14.4. The average molecular weight is 262 g/mol. The zero-order valence-electron chi connectivity index (χ0n) is 10.0. The highest BCUT2D eigenvalue weighted by atomic mass is 19.3. The van der Waals surface area contributed by atoms with Gasteiger partial charge in [-0.3, -0.25) is 0 Å². The molecule has 0 saturated carbocycles. The molecule has 0 aromatic carbocycles. The van der Waals surface area contributed by atoms with Gasteiger partial charge in [0.05, 0.1) is 13.2 Å². The molecular formula is C10H16F2N4O2. The Labute approximate surface area is 104 Å². The summed E-state index contributed by atoms with van der Waals surface area (Å²) in [7, 11) is 0. The second-order valence-electron chi connectivity index (χ2n) is 3.27. The van der Waals surface area contributed by atoms with E-state index in [1.807, 2.05) is 6.92 Å². The molecule has 1 aromatic rings. The molecule has 0 atom stereocenters. The van der Waals surface area contributed by atoms with Crippen LogP contribution in [0.2, 0.25) is 0 Å². The number of nitrogen functional groups attached to an aromatic ring is 1. The molecule has 3 N–H and O–H groups in total. The van der Waals surface area contributed by atoms with Gasteiger partial charge in [-0.15, -0.1) is 0 Å². The van der Waals surface area contributed by atoms with Gasteiger partial charge in [-0.1, -0.05) is 0 Å². The predicted octanol–water partition coefficient (Wildman–Crippen LogP) is 1.15. The smallest absolute Gasteiger partial charge is 0.261 e. The van der Waals surface area contributed by atoms with Gasteiger partial charge in [0.25, 0.3) is 6.43 Å². The Hall–Kier alpha value is -1.70. The normalized spacial score (nSPS) is 10.7. The van der Waals surface area contributed by atoms with E-state index >= 15 is 0 Å². The van der Waals surface area contributed by atoms with E-state index in [0.717, 1.165) is 0 Å². The molecule has 0 amide bonds. The number of ether oxygens (including phenoxy) is 2. The Bertz CT molecular complexity index is 366. The van der Waals surface area contributed by atoms with Crippen molar-refractivity contribution in [2.24, 2.45) is 0 Å². The summed E-state index contributed by atoms with van der Waals surface area (Å²) in [4.78, 5) is 7.79. The summed E-state index contributed by atoms with van der Waals surface area (Å²) in [5.41, 5.74) is 6.04. The maximum Gasteiger partial charge on any atom is 0.261 e. The minimum absolute atomic E-state index is 0.137. The van der Waals surface area contributed by atoms with E-state index < -0.39 is 13.0 Å². The number of halogens is 2. The van der Waals surface area contributed by atoms with Gasteiger partial charge >= 0.3 is 0 Å². The SMILES string of the molecule is CCOc1ncnc(NCCOCC(F)F)c1N. The Morgan fingerprint density at radius 3 is 2.89 bits per heavy atom. The second kappa shape index (κ2) is 7.59. The minimum atomic E-state index is -2.46. The number of alkyl halides is 2. The van der Waals surface area contributed by atoms with Crippen LogP contribution in [0.3, 0.4) is 0 Å². The molecule has 0 aliphatic carbocycles. The van der Waals surface area contributed by atoms with E-state index in [1.165, 1.54) is 6.33 Å². The molecule has 0 bridgehead atoms. The fourth-order valence-electron chi connectivity index (χ4n) is 1.19. The first-order valence-corrected chi connectivity index (χ1v) is 5.48. The van der Waals surface area contributed by atoms with Crippen LogP contribution in [0.4, 0.5) is 20.3 Å². The number of hydrogen-bond acceptors (Lipinski definition) is 6. The standard InChI is InChI=1S/C10H16F2N4O2/c1-2-18-10-8(13)9(15-6-16-10)14-3-4-17-5-7(11)12/h6-7H,2-5,13H2,1H3,(H,14,15,16). The van der Waals surface area contributed by atoms with Gasteiger partial charge in [-0.2, -0.15) is 4.98 Å². The highest BCUT2D eigenvalue weighted by Crippen LogP contribution is 2.23. The van der Waals surface area contributed by atoms with E-state index in [9.17, 15) is 8.78 Å². The summed E-state index contributed by atoms with van der Waals surface area (Å²) in [6.45, 7) is 2.13. The molecule has 0 radical (unpaired) electrons. The molecular weight excluding hydrogens is 246 g/mol. The summed E-state index contributed by atoms with van der Waals surface area (Å²) >= 11 is 0. The number of hydrogen-bond donors (Lipinski definition) is 2. The topological polar surface area (TPSA) is 82.3 Å². The fourth-order valence-corrected chi connectivity index (χ4v) is 1.19. The minimum Gasteiger partial charge on any atom is -0.476 e. The highest BCUT2D eigenvalue weighted by Gasteiger charge is 2.08. The van der Waals surface area contributed by atoms with Crippen LogP contribution in [0.25, 0.3) is 0 Å². The molecule has 18 heavy (non-hydrogen) atoms. The first-order valence-electron chi connectivity index (χ1n) is 5.48. The van der Waals surface area contributed by atoms with Crippen molar-refractivity contribution in [3.8, 4) is 5.88 Å². The average Bonchev–Trinajstić information content (AvgIpc) is 2.33. The molecule has 8 heteroatoms. The van der Waals surface area contributed by atoms with Crippen molar-refractivity contribution >= 4 is 11.5 Å². The van der Waals surface area contributed by atoms with Crippen LogP contribution >= 0.6 is 0 Å². The highest BCUT2D eigenvalue weighted by molar-refractivity contribution is 5.66. The number of nitrogens with zero attached hydrogens (tertiary/aromatic N) is 2. The van der Waals surface area contributed by atoms with Crippen LogP contribution < -0.4 is 15.8 Å². The maximum absolute atomic E-state index is 11.8. The van der Waals surface area contributed by atoms with Gasteiger partial charge in [0.15, 0.2) is 5.82 Å². The number of rotatable bonds is 8. The number of nitrogens with one attached hydrogen (secondary N) is 1. The molecule has 0 spiro atoms. The summed E-state index contributed by atoms with van der Waals surface area (Å²) < 4.78 is 33.5. The van der Waals surface area contributed by atoms with Crippen LogP contribution in [-0.4, -0.2) is 42.8 Å². The van der Waals surface area contributed by atoms with Gasteiger partial charge in [0.2, 0.25) is 5.88 Å². The Kier molecular flexibility index (Phi) is 6.06. The third-order valence-electron chi connectivity index (χ3n) is 1.91. The van der Waals surface area contributed by atoms with Crippen molar-refractivity contribution in [3.63, 3.8) is 0 Å². The lowest BCUT2D eigenvalue weighted by Crippen LogP contribution is -2.15. The monoisotopic (exact) mass is 262 g/mol. The fraction of sp³-hybridized carbons (Fsp3) is 0.600. The van der Waals surface area contributed by atoms with Crippen molar-refractivity contribution in [1.29, 1.82) is 0 Å². The molecule has 0 unspecified atom stereocenters. The molecule has 1 heterocycles. The Balaban J connectivity index is 2.40. The Morgan fingerprint density at radius 2 is 2.22 bits per heavy atom. The third kappa shape index (κ3) is 4.66. The van der Waals surface area contributed by atoms with Crippen molar-refractivity contribution in [2.45, 2.75) is 13.3 Å². The molecule has 0 aliphatic heterocycles. The van der Waals surface area contributed by atoms with Crippen LogP contribution in [0, 0.1) is 0 Å². The van der Waals surface area contributed by atoms with E-state index in [0.29, 0.717) is 24.8 Å². The largest absolute Gasteiger partial charge is 0.476 e. The van der Waals surface area contributed by atoms with Crippen LogP contribution in [-0.2, 0) is 4.74 Å². The molecule has 0 aliphatic rings. The second-order valence-corrected chi connectivity index (χ2v) is 3.27. The lowest BCUT2D eigenvalue weighted by atomic mass is 10.4. The molecule has 1 aromatic heterocycles. The van der Waals surface area contributed by atoms with Crippen LogP contribution in [0.5, 0.6) is 5.88 Å². The van der Waals surface area contributed by atoms with Crippen molar-refractivity contribution in [1.82, 2.24) is 9.97 Å².